The Kier molecular flexibility index (Phi) is 10.5. The molecule has 11 heteroatoms. The van der Waals surface area contributed by atoms with E-state index in [0.717, 1.165) is 0 Å². The molecule has 0 fully saturated rings. The molecule has 0 aliphatic heterocycles. The molecule has 5 atom stereocenters. The van der Waals surface area contributed by atoms with Gasteiger partial charge in [0.2, 0.25) is 17.7 Å². The van der Waals surface area contributed by atoms with Crippen LogP contribution < -0.4 is 21.7 Å². The standard InChI is InChI=1S/C16H30N4O7/c1-7(2)5-10(17)14(25)19-13(9(4)22)16(27)20-12(8(3)21)15(26)18-6-11(23)24/h7-10,12-13,21-22H,5-6,17H2,1-4H3,(H,18,26)(H,19,25)(H,20,27)(H,23,24). The largest absolute Gasteiger partial charge is 0.480 e. The molecule has 0 spiro atoms. The highest BCUT2D eigenvalue weighted by molar-refractivity contribution is 5.94. The first-order valence-corrected chi connectivity index (χ1v) is 8.58. The van der Waals surface area contributed by atoms with Crippen LogP contribution in [0, 0.1) is 5.92 Å². The number of carbonyl (C=O) groups excluding carboxylic acids is 3. The van der Waals surface area contributed by atoms with Crippen LogP contribution in [-0.4, -0.2) is 75.9 Å². The SMILES string of the molecule is CC(C)CC(N)C(=O)NC(C(=O)NC(C(=O)NCC(=O)O)C(C)O)C(C)O. The van der Waals surface area contributed by atoms with E-state index in [1.165, 1.54) is 13.8 Å². The molecular weight excluding hydrogens is 360 g/mol. The third-order valence-electron chi connectivity index (χ3n) is 3.60. The van der Waals surface area contributed by atoms with Crippen molar-refractivity contribution >= 4 is 23.7 Å². The van der Waals surface area contributed by atoms with Gasteiger partial charge < -0.3 is 37.0 Å². The Bertz CT molecular complexity index is 537. The molecule has 0 heterocycles. The molecule has 5 unspecified atom stereocenters. The minimum absolute atomic E-state index is 0.141. The summed E-state index contributed by atoms with van der Waals surface area (Å²) in [4.78, 5) is 47.0. The van der Waals surface area contributed by atoms with E-state index in [1.54, 1.807) is 0 Å². The lowest BCUT2D eigenvalue weighted by molar-refractivity contribution is -0.139. The zero-order chi connectivity index (χ0) is 21.3. The number of aliphatic hydroxyl groups is 2. The number of carboxylic acid groups (broad SMARTS) is 1. The van der Waals surface area contributed by atoms with Gasteiger partial charge >= 0.3 is 5.97 Å². The van der Waals surface area contributed by atoms with E-state index in [0.29, 0.717) is 6.42 Å². The van der Waals surface area contributed by atoms with Crippen LogP contribution in [0.3, 0.4) is 0 Å². The van der Waals surface area contributed by atoms with Gasteiger partial charge in [-0.3, -0.25) is 19.2 Å². The molecule has 0 rings (SSSR count). The minimum atomic E-state index is -1.47. The van der Waals surface area contributed by atoms with Crippen LogP contribution in [0.25, 0.3) is 0 Å². The monoisotopic (exact) mass is 390 g/mol. The fourth-order valence-corrected chi connectivity index (χ4v) is 2.20. The molecule has 0 radical (unpaired) electrons. The first kappa shape index (κ1) is 24.8. The van der Waals surface area contributed by atoms with Crippen LogP contribution in [0.5, 0.6) is 0 Å². The predicted octanol–water partition coefficient (Wildman–Crippen LogP) is -2.71. The third kappa shape index (κ3) is 9.31. The van der Waals surface area contributed by atoms with Crippen molar-refractivity contribution in [3.63, 3.8) is 0 Å². The Morgan fingerprint density at radius 3 is 1.70 bits per heavy atom. The molecule has 0 aromatic rings. The van der Waals surface area contributed by atoms with Crippen molar-refractivity contribution in [2.24, 2.45) is 11.7 Å². The average Bonchev–Trinajstić information content (AvgIpc) is 2.53. The Morgan fingerprint density at radius 2 is 1.30 bits per heavy atom. The lowest BCUT2D eigenvalue weighted by Crippen LogP contribution is -2.61. The molecule has 0 aromatic heterocycles. The third-order valence-corrected chi connectivity index (χ3v) is 3.60. The van der Waals surface area contributed by atoms with E-state index in [4.69, 9.17) is 10.8 Å². The van der Waals surface area contributed by atoms with Gasteiger partial charge in [-0.05, 0) is 26.2 Å². The van der Waals surface area contributed by atoms with Gasteiger partial charge in [0.25, 0.3) is 0 Å². The van der Waals surface area contributed by atoms with Gasteiger partial charge in [0.1, 0.15) is 18.6 Å². The molecule has 0 saturated carbocycles. The number of hydrogen-bond donors (Lipinski definition) is 7. The number of hydrogen-bond acceptors (Lipinski definition) is 7. The van der Waals surface area contributed by atoms with Gasteiger partial charge in [0, 0.05) is 0 Å². The Balaban J connectivity index is 5.09. The van der Waals surface area contributed by atoms with Gasteiger partial charge in [-0.1, -0.05) is 13.8 Å². The second-order valence-electron chi connectivity index (χ2n) is 6.80. The van der Waals surface area contributed by atoms with Gasteiger partial charge in [0.15, 0.2) is 0 Å². The summed E-state index contributed by atoms with van der Waals surface area (Å²) in [5.74, 6) is -3.65. The summed E-state index contributed by atoms with van der Waals surface area (Å²) in [6, 6.07) is -3.77. The van der Waals surface area contributed by atoms with Crippen molar-refractivity contribution in [2.45, 2.75) is 64.4 Å². The zero-order valence-corrected chi connectivity index (χ0v) is 15.9. The number of nitrogens with one attached hydrogen (secondary N) is 3. The van der Waals surface area contributed by atoms with Gasteiger partial charge in [-0.15, -0.1) is 0 Å². The van der Waals surface area contributed by atoms with Crippen LogP contribution in [0.15, 0.2) is 0 Å². The van der Waals surface area contributed by atoms with E-state index < -0.39 is 60.6 Å². The number of amides is 3. The number of carbonyl (C=O) groups is 4. The lowest BCUT2D eigenvalue weighted by Gasteiger charge is -2.26. The van der Waals surface area contributed by atoms with Crippen LogP contribution in [0.4, 0.5) is 0 Å². The molecule has 0 aromatic carbocycles. The maximum atomic E-state index is 12.4. The van der Waals surface area contributed by atoms with E-state index in [1.807, 2.05) is 19.2 Å². The molecule has 11 nitrogen and oxygen atoms in total. The summed E-state index contributed by atoms with van der Waals surface area (Å²) < 4.78 is 0. The molecule has 27 heavy (non-hydrogen) atoms. The second kappa shape index (κ2) is 11.5. The molecular formula is C16H30N4O7. The van der Waals surface area contributed by atoms with E-state index in [2.05, 4.69) is 10.6 Å². The van der Waals surface area contributed by atoms with Crippen LogP contribution in [0.1, 0.15) is 34.1 Å². The van der Waals surface area contributed by atoms with Crippen molar-refractivity contribution in [3.8, 4) is 0 Å². The fraction of sp³-hybridized carbons (Fsp3) is 0.750. The minimum Gasteiger partial charge on any atom is -0.480 e. The first-order valence-electron chi connectivity index (χ1n) is 8.58. The Hall–Kier alpha value is -2.24. The molecule has 0 aliphatic rings. The Morgan fingerprint density at radius 1 is 0.852 bits per heavy atom. The number of rotatable bonds is 11. The Labute approximate surface area is 157 Å². The fourth-order valence-electron chi connectivity index (χ4n) is 2.20. The smallest absolute Gasteiger partial charge is 0.322 e. The molecule has 0 aliphatic carbocycles. The topological polar surface area (TPSA) is 191 Å². The van der Waals surface area contributed by atoms with Crippen LogP contribution in [-0.2, 0) is 19.2 Å². The van der Waals surface area contributed by atoms with Gasteiger partial charge in [-0.25, -0.2) is 0 Å². The molecule has 3 amide bonds. The normalized spacial score (nSPS) is 16.6. The van der Waals surface area contributed by atoms with Crippen molar-refractivity contribution < 1.29 is 34.5 Å². The number of aliphatic carboxylic acids is 1. The summed E-state index contributed by atoms with van der Waals surface area (Å²) in [6.45, 7) is 5.53. The average molecular weight is 390 g/mol. The lowest BCUT2D eigenvalue weighted by atomic mass is 10.0. The van der Waals surface area contributed by atoms with E-state index >= 15 is 0 Å². The van der Waals surface area contributed by atoms with Crippen LogP contribution in [0.2, 0.25) is 0 Å². The molecule has 8 N–H and O–H groups in total. The van der Waals surface area contributed by atoms with Crippen molar-refractivity contribution in [3.05, 3.63) is 0 Å². The van der Waals surface area contributed by atoms with Gasteiger partial charge in [-0.2, -0.15) is 0 Å². The van der Waals surface area contributed by atoms with Crippen molar-refractivity contribution in [1.29, 1.82) is 0 Å². The summed E-state index contributed by atoms with van der Waals surface area (Å²) in [6.07, 6.45) is -2.29. The summed E-state index contributed by atoms with van der Waals surface area (Å²) in [5, 5.41) is 34.6. The summed E-state index contributed by atoms with van der Waals surface area (Å²) >= 11 is 0. The van der Waals surface area contributed by atoms with Crippen molar-refractivity contribution in [2.75, 3.05) is 6.54 Å². The molecule has 0 saturated heterocycles. The molecule has 0 bridgehead atoms. The predicted molar refractivity (Wildman–Crippen MR) is 95.3 cm³/mol. The first-order chi connectivity index (χ1) is 12.4. The molecule has 156 valence electrons. The highest BCUT2D eigenvalue weighted by atomic mass is 16.4. The van der Waals surface area contributed by atoms with Crippen LogP contribution >= 0.6 is 0 Å². The summed E-state index contributed by atoms with van der Waals surface area (Å²) in [5.41, 5.74) is 5.75. The maximum absolute atomic E-state index is 12.4. The van der Waals surface area contributed by atoms with Gasteiger partial charge in [0.05, 0.1) is 18.2 Å². The second-order valence-corrected chi connectivity index (χ2v) is 6.80. The van der Waals surface area contributed by atoms with Crippen molar-refractivity contribution in [1.82, 2.24) is 16.0 Å². The zero-order valence-electron chi connectivity index (χ0n) is 15.9. The number of carboxylic acids is 1. The number of aliphatic hydroxyl groups excluding tert-OH is 2. The van der Waals surface area contributed by atoms with E-state index in [9.17, 15) is 29.4 Å². The quantitative estimate of drug-likeness (QED) is 0.198. The highest BCUT2D eigenvalue weighted by Gasteiger charge is 2.33. The number of nitrogens with two attached hydrogens (primary N) is 1. The highest BCUT2D eigenvalue weighted by Crippen LogP contribution is 2.04. The maximum Gasteiger partial charge on any atom is 0.322 e. The summed E-state index contributed by atoms with van der Waals surface area (Å²) in [7, 11) is 0. The van der Waals surface area contributed by atoms with E-state index in [-0.39, 0.29) is 5.92 Å².